The van der Waals surface area contributed by atoms with Gasteiger partial charge in [-0.25, -0.2) is 4.39 Å². The lowest BCUT2D eigenvalue weighted by Gasteiger charge is -2.15. The maximum Gasteiger partial charge on any atom is 0.138 e. The van der Waals surface area contributed by atoms with Crippen LogP contribution in [0.5, 0.6) is 5.75 Å². The summed E-state index contributed by atoms with van der Waals surface area (Å²) in [5.74, 6) is 0.0305. The predicted octanol–water partition coefficient (Wildman–Crippen LogP) is 6.23. The Hall–Kier alpha value is -0.480. The molecule has 20 heavy (non-hydrogen) atoms. The van der Waals surface area contributed by atoms with Crippen molar-refractivity contribution in [2.75, 3.05) is 7.11 Å². The number of hydrogen-bond donors (Lipinski definition) is 0. The number of alkyl halides is 1. The molecule has 0 N–H and O–H groups in total. The lowest BCUT2D eigenvalue weighted by Crippen LogP contribution is -1.99. The predicted molar refractivity (Wildman–Crippen MR) is 84.8 cm³/mol. The summed E-state index contributed by atoms with van der Waals surface area (Å²) >= 11 is 21.7. The van der Waals surface area contributed by atoms with Crippen molar-refractivity contribution in [2.24, 2.45) is 0 Å². The molecule has 0 saturated heterocycles. The third kappa shape index (κ3) is 3.22. The summed E-state index contributed by atoms with van der Waals surface area (Å²) in [6, 6.07) is 7.81. The molecule has 0 heterocycles. The molecule has 106 valence electrons. The minimum atomic E-state index is -0.737. The first-order valence-corrected chi connectivity index (χ1v) is 7.54. The molecule has 0 amide bonds. The van der Waals surface area contributed by atoms with Crippen LogP contribution in [-0.2, 0) is 0 Å². The van der Waals surface area contributed by atoms with E-state index in [0.717, 1.165) is 0 Å². The third-order valence-electron chi connectivity index (χ3n) is 2.78. The number of hydrogen-bond acceptors (Lipinski definition) is 1. The zero-order chi connectivity index (χ0) is 14.9. The van der Waals surface area contributed by atoms with Gasteiger partial charge in [0.15, 0.2) is 0 Å². The molecule has 1 nitrogen and oxygen atoms in total. The largest absolute Gasteiger partial charge is 0.495 e. The van der Waals surface area contributed by atoms with Crippen molar-refractivity contribution in [1.29, 1.82) is 0 Å². The van der Waals surface area contributed by atoms with Crippen LogP contribution in [0.15, 0.2) is 34.8 Å². The lowest BCUT2D eigenvalue weighted by molar-refractivity contribution is 0.415. The number of rotatable bonds is 3. The normalized spacial score (nSPS) is 12.3. The maximum atomic E-state index is 13.9. The molecule has 6 heteroatoms. The van der Waals surface area contributed by atoms with Crippen LogP contribution < -0.4 is 4.74 Å². The molecule has 2 rings (SSSR count). The SMILES string of the molecule is COc1cc(Cl)c(C(Cl)c2ccc(Br)cc2F)cc1Cl. The second-order valence-corrected chi connectivity index (χ2v) is 6.20. The Bertz CT molecular complexity index is 649. The zero-order valence-electron chi connectivity index (χ0n) is 10.3. The van der Waals surface area contributed by atoms with Crippen molar-refractivity contribution < 1.29 is 9.13 Å². The number of ether oxygens (including phenoxy) is 1. The molecular weight excluding hydrogens is 389 g/mol. The second kappa shape index (κ2) is 6.52. The molecule has 0 bridgehead atoms. The summed E-state index contributed by atoms with van der Waals surface area (Å²) in [6.45, 7) is 0. The van der Waals surface area contributed by atoms with Gasteiger partial charge in [0.05, 0.1) is 17.5 Å². The lowest BCUT2D eigenvalue weighted by atomic mass is 10.0. The molecule has 0 aliphatic carbocycles. The van der Waals surface area contributed by atoms with Crippen LogP contribution in [0.1, 0.15) is 16.5 Å². The maximum absolute atomic E-state index is 13.9. The number of halogens is 5. The first-order chi connectivity index (χ1) is 9.43. The summed E-state index contributed by atoms with van der Waals surface area (Å²) in [5.41, 5.74) is 0.860. The fraction of sp³-hybridized carbons (Fsp3) is 0.143. The molecule has 2 aromatic carbocycles. The molecule has 0 spiro atoms. The fourth-order valence-electron chi connectivity index (χ4n) is 1.77. The molecule has 1 atom stereocenters. The van der Waals surface area contributed by atoms with E-state index in [0.29, 0.717) is 31.4 Å². The van der Waals surface area contributed by atoms with E-state index >= 15 is 0 Å². The summed E-state index contributed by atoms with van der Waals surface area (Å²) in [7, 11) is 1.49. The molecule has 0 aliphatic rings. The summed E-state index contributed by atoms with van der Waals surface area (Å²) in [6.07, 6.45) is 0. The Balaban J connectivity index is 2.48. The van der Waals surface area contributed by atoms with Crippen molar-refractivity contribution >= 4 is 50.7 Å². The number of benzene rings is 2. The minimum Gasteiger partial charge on any atom is -0.495 e. The molecule has 1 unspecified atom stereocenters. The highest BCUT2D eigenvalue weighted by Crippen LogP contribution is 2.40. The monoisotopic (exact) mass is 396 g/mol. The fourth-order valence-corrected chi connectivity index (χ4v) is 3.03. The number of methoxy groups -OCH3 is 1. The van der Waals surface area contributed by atoms with Gasteiger partial charge in [-0.3, -0.25) is 0 Å². The van der Waals surface area contributed by atoms with E-state index in [1.807, 2.05) is 0 Å². The molecule has 0 aliphatic heterocycles. The average Bonchev–Trinajstić information content (AvgIpc) is 2.40. The Kier molecular flexibility index (Phi) is 5.19. The summed E-state index contributed by atoms with van der Waals surface area (Å²) in [5, 5.41) is 0.00245. The summed E-state index contributed by atoms with van der Waals surface area (Å²) in [4.78, 5) is 0. The van der Waals surface area contributed by atoms with Crippen LogP contribution >= 0.6 is 50.7 Å². The first kappa shape index (κ1) is 15.9. The van der Waals surface area contributed by atoms with E-state index in [9.17, 15) is 4.39 Å². The van der Waals surface area contributed by atoms with Gasteiger partial charge in [0.25, 0.3) is 0 Å². The van der Waals surface area contributed by atoms with Crippen molar-refractivity contribution in [3.63, 3.8) is 0 Å². The molecule has 0 aromatic heterocycles. The van der Waals surface area contributed by atoms with E-state index in [1.54, 1.807) is 24.3 Å². The Morgan fingerprint density at radius 2 is 1.80 bits per heavy atom. The minimum absolute atomic E-state index is 0.331. The van der Waals surface area contributed by atoms with Crippen LogP contribution in [0.3, 0.4) is 0 Å². The van der Waals surface area contributed by atoms with Crippen molar-refractivity contribution in [2.45, 2.75) is 5.38 Å². The molecule has 0 saturated carbocycles. The molecular formula is C14H9BrCl3FO. The van der Waals surface area contributed by atoms with E-state index in [-0.39, 0.29) is 0 Å². The Labute approximate surface area is 139 Å². The quantitative estimate of drug-likeness (QED) is 0.557. The molecule has 2 aromatic rings. The van der Waals surface area contributed by atoms with Crippen LogP contribution in [0.2, 0.25) is 10.0 Å². The first-order valence-electron chi connectivity index (χ1n) is 5.56. The van der Waals surface area contributed by atoms with Gasteiger partial charge in [-0.2, -0.15) is 0 Å². The topological polar surface area (TPSA) is 9.23 Å². The van der Waals surface area contributed by atoms with Crippen molar-refractivity contribution in [3.8, 4) is 5.75 Å². The highest BCUT2D eigenvalue weighted by Gasteiger charge is 2.20. The van der Waals surface area contributed by atoms with Crippen molar-refractivity contribution in [3.05, 3.63) is 61.8 Å². The van der Waals surface area contributed by atoms with Gasteiger partial charge in [-0.05, 0) is 23.8 Å². The van der Waals surface area contributed by atoms with Gasteiger partial charge in [-0.1, -0.05) is 45.2 Å². The molecule has 0 fully saturated rings. The van der Waals surface area contributed by atoms with Crippen LogP contribution in [0, 0.1) is 5.82 Å². The standard InChI is InChI=1S/C14H9BrCl3FO/c1-20-13-6-10(16)9(5-11(13)17)14(18)8-3-2-7(15)4-12(8)19/h2-6,14H,1H3. The highest BCUT2D eigenvalue weighted by atomic mass is 79.9. The molecule has 0 radical (unpaired) electrons. The third-order valence-corrected chi connectivity index (χ3v) is 4.37. The van der Waals surface area contributed by atoms with Crippen LogP contribution in [-0.4, -0.2) is 7.11 Å². The van der Waals surface area contributed by atoms with Gasteiger partial charge in [0, 0.05) is 21.1 Å². The van der Waals surface area contributed by atoms with Crippen LogP contribution in [0.25, 0.3) is 0 Å². The second-order valence-electron chi connectivity index (χ2n) is 4.04. The smallest absolute Gasteiger partial charge is 0.138 e. The van der Waals surface area contributed by atoms with E-state index in [1.165, 1.54) is 13.2 Å². The average molecular weight is 398 g/mol. The van der Waals surface area contributed by atoms with Crippen LogP contribution in [0.4, 0.5) is 4.39 Å². The van der Waals surface area contributed by atoms with Crippen molar-refractivity contribution in [1.82, 2.24) is 0 Å². The van der Waals surface area contributed by atoms with E-state index in [4.69, 9.17) is 39.5 Å². The van der Waals surface area contributed by atoms with Gasteiger partial charge in [0.2, 0.25) is 0 Å². The van der Waals surface area contributed by atoms with Gasteiger partial charge in [-0.15, -0.1) is 11.6 Å². The van der Waals surface area contributed by atoms with E-state index in [2.05, 4.69) is 15.9 Å². The Morgan fingerprint density at radius 3 is 2.40 bits per heavy atom. The zero-order valence-corrected chi connectivity index (χ0v) is 14.1. The summed E-state index contributed by atoms with van der Waals surface area (Å²) < 4.78 is 19.7. The van der Waals surface area contributed by atoms with Gasteiger partial charge < -0.3 is 4.74 Å². The Morgan fingerprint density at radius 1 is 1.10 bits per heavy atom. The van der Waals surface area contributed by atoms with E-state index < -0.39 is 11.2 Å². The van der Waals surface area contributed by atoms with Gasteiger partial charge in [0.1, 0.15) is 11.6 Å². The van der Waals surface area contributed by atoms with Gasteiger partial charge >= 0.3 is 0 Å². The highest BCUT2D eigenvalue weighted by molar-refractivity contribution is 9.10.